The third kappa shape index (κ3) is 3.38. The largest absolute Gasteiger partial charge is 0.478 e. The summed E-state index contributed by atoms with van der Waals surface area (Å²) in [6.45, 7) is 2.16. The number of likely N-dealkylation sites (N-methyl/N-ethyl adjacent to an activating group) is 2. The molecule has 1 heterocycles. The summed E-state index contributed by atoms with van der Waals surface area (Å²) in [6, 6.07) is 0.448. The number of carboxylic acid groups (broad SMARTS) is 1. The van der Waals surface area contributed by atoms with E-state index in [2.05, 4.69) is 11.9 Å². The van der Waals surface area contributed by atoms with Crippen LogP contribution in [0.25, 0.3) is 0 Å². The Morgan fingerprint density at radius 1 is 1.64 bits per heavy atom. The number of carbonyl (C=O) groups is 1. The maximum atomic E-state index is 10.3. The van der Waals surface area contributed by atoms with Gasteiger partial charge in [0.2, 0.25) is 0 Å². The van der Waals surface area contributed by atoms with E-state index in [1.165, 1.54) is 12.5 Å². The van der Waals surface area contributed by atoms with E-state index in [0.29, 0.717) is 6.04 Å². The van der Waals surface area contributed by atoms with Crippen molar-refractivity contribution in [1.82, 2.24) is 9.80 Å². The molecule has 1 N–H and O–H groups in total. The van der Waals surface area contributed by atoms with E-state index in [1.54, 1.807) is 6.20 Å². The molecule has 0 aromatic carbocycles. The predicted molar refractivity (Wildman–Crippen MR) is 55.1 cm³/mol. The summed E-state index contributed by atoms with van der Waals surface area (Å²) in [5, 5.41) is 8.49. The third-order valence-electron chi connectivity index (χ3n) is 2.63. The van der Waals surface area contributed by atoms with Crippen LogP contribution in [0.3, 0.4) is 0 Å². The standard InChI is InChI=1S/C10H18N2O2/c1-11-6-3-4-9(8-11)12(2)7-5-10(13)14/h5,7,9H,3-4,6,8H2,1-2H3,(H,13,14). The third-order valence-corrected chi connectivity index (χ3v) is 2.63. The van der Waals surface area contributed by atoms with E-state index in [9.17, 15) is 4.79 Å². The lowest BCUT2D eigenvalue weighted by Gasteiger charge is -2.35. The van der Waals surface area contributed by atoms with Gasteiger partial charge >= 0.3 is 5.97 Å². The molecule has 1 aliphatic heterocycles. The minimum absolute atomic E-state index is 0.448. The van der Waals surface area contributed by atoms with Crippen LogP contribution in [0.1, 0.15) is 12.8 Å². The Morgan fingerprint density at radius 2 is 2.36 bits per heavy atom. The molecule has 0 spiro atoms. The molecule has 1 aliphatic rings. The molecule has 4 nitrogen and oxygen atoms in total. The fourth-order valence-corrected chi connectivity index (χ4v) is 1.77. The normalized spacial score (nSPS) is 24.0. The van der Waals surface area contributed by atoms with Crippen molar-refractivity contribution >= 4 is 5.97 Å². The van der Waals surface area contributed by atoms with Gasteiger partial charge in [-0.1, -0.05) is 0 Å². The van der Waals surface area contributed by atoms with Gasteiger partial charge in [-0.2, -0.15) is 0 Å². The Balaban J connectivity index is 2.43. The molecular formula is C10H18N2O2. The molecule has 1 unspecified atom stereocenters. The highest BCUT2D eigenvalue weighted by atomic mass is 16.4. The first kappa shape index (κ1) is 11.0. The Hall–Kier alpha value is -1.03. The van der Waals surface area contributed by atoms with Crippen molar-refractivity contribution in [2.45, 2.75) is 18.9 Å². The minimum Gasteiger partial charge on any atom is -0.478 e. The van der Waals surface area contributed by atoms with Gasteiger partial charge in [0.05, 0.1) is 0 Å². The van der Waals surface area contributed by atoms with Crippen LogP contribution in [-0.4, -0.2) is 54.1 Å². The van der Waals surface area contributed by atoms with E-state index in [-0.39, 0.29) is 0 Å². The Bertz CT molecular complexity index is 228. The molecule has 0 bridgehead atoms. The second kappa shape index (κ2) is 5.00. The van der Waals surface area contributed by atoms with Crippen molar-refractivity contribution in [2.24, 2.45) is 0 Å². The number of hydrogen-bond donors (Lipinski definition) is 1. The molecule has 0 aromatic heterocycles. The summed E-state index contributed by atoms with van der Waals surface area (Å²) in [7, 11) is 4.03. The fourth-order valence-electron chi connectivity index (χ4n) is 1.77. The molecule has 14 heavy (non-hydrogen) atoms. The first-order chi connectivity index (χ1) is 6.59. The molecule has 0 saturated carbocycles. The van der Waals surface area contributed by atoms with Crippen molar-refractivity contribution < 1.29 is 9.90 Å². The van der Waals surface area contributed by atoms with Gasteiger partial charge in [-0.3, -0.25) is 0 Å². The maximum absolute atomic E-state index is 10.3. The van der Waals surface area contributed by atoms with Crippen LogP contribution < -0.4 is 0 Å². The number of rotatable bonds is 3. The average molecular weight is 198 g/mol. The van der Waals surface area contributed by atoms with Gasteiger partial charge in [-0.25, -0.2) is 4.79 Å². The van der Waals surface area contributed by atoms with Crippen LogP contribution in [-0.2, 0) is 4.79 Å². The quantitative estimate of drug-likeness (QED) is 0.675. The Labute approximate surface area is 84.8 Å². The molecule has 80 valence electrons. The van der Waals surface area contributed by atoms with E-state index >= 15 is 0 Å². The number of nitrogens with zero attached hydrogens (tertiary/aromatic N) is 2. The molecule has 0 amide bonds. The SMILES string of the molecule is CN1CCCC(N(C)C=CC(=O)O)C1. The number of likely N-dealkylation sites (tertiary alicyclic amines) is 1. The first-order valence-corrected chi connectivity index (χ1v) is 4.91. The molecule has 1 fully saturated rings. The van der Waals surface area contributed by atoms with Crippen LogP contribution >= 0.6 is 0 Å². The van der Waals surface area contributed by atoms with Gasteiger partial charge in [0.1, 0.15) is 0 Å². The van der Waals surface area contributed by atoms with Crippen molar-refractivity contribution in [3.63, 3.8) is 0 Å². The van der Waals surface area contributed by atoms with E-state index in [4.69, 9.17) is 5.11 Å². The zero-order chi connectivity index (χ0) is 10.6. The second-order valence-corrected chi connectivity index (χ2v) is 3.88. The Kier molecular flexibility index (Phi) is 3.95. The summed E-state index contributed by atoms with van der Waals surface area (Å²) in [5.74, 6) is -0.888. The number of hydrogen-bond acceptors (Lipinski definition) is 3. The van der Waals surface area contributed by atoms with E-state index in [0.717, 1.165) is 19.5 Å². The summed E-state index contributed by atoms with van der Waals surface area (Å²) in [6.07, 6.45) is 5.16. The van der Waals surface area contributed by atoms with Crippen molar-refractivity contribution in [1.29, 1.82) is 0 Å². The van der Waals surface area contributed by atoms with Gasteiger partial charge in [0, 0.05) is 31.9 Å². The second-order valence-electron chi connectivity index (χ2n) is 3.88. The van der Waals surface area contributed by atoms with Gasteiger partial charge in [0.25, 0.3) is 0 Å². The molecule has 1 saturated heterocycles. The fraction of sp³-hybridized carbons (Fsp3) is 0.700. The molecule has 0 aromatic rings. The number of aliphatic carboxylic acids is 1. The topological polar surface area (TPSA) is 43.8 Å². The van der Waals surface area contributed by atoms with Gasteiger partial charge < -0.3 is 14.9 Å². The van der Waals surface area contributed by atoms with E-state index < -0.39 is 5.97 Å². The summed E-state index contributed by atoms with van der Waals surface area (Å²) < 4.78 is 0. The van der Waals surface area contributed by atoms with Crippen LogP contribution in [0, 0.1) is 0 Å². The van der Waals surface area contributed by atoms with Crippen LogP contribution in [0.15, 0.2) is 12.3 Å². The number of carboxylic acids is 1. The Morgan fingerprint density at radius 3 is 2.93 bits per heavy atom. The van der Waals surface area contributed by atoms with Gasteiger partial charge in [-0.15, -0.1) is 0 Å². The average Bonchev–Trinajstić information content (AvgIpc) is 2.14. The molecular weight excluding hydrogens is 180 g/mol. The lowest BCUT2D eigenvalue weighted by molar-refractivity contribution is -0.131. The monoisotopic (exact) mass is 198 g/mol. The summed E-state index contributed by atoms with van der Waals surface area (Å²) in [4.78, 5) is 14.6. The number of piperidine rings is 1. The summed E-state index contributed by atoms with van der Waals surface area (Å²) >= 11 is 0. The first-order valence-electron chi connectivity index (χ1n) is 4.91. The smallest absolute Gasteiger partial charge is 0.329 e. The molecule has 1 rings (SSSR count). The van der Waals surface area contributed by atoms with Crippen LogP contribution in [0.2, 0.25) is 0 Å². The van der Waals surface area contributed by atoms with Gasteiger partial charge in [-0.05, 0) is 26.4 Å². The van der Waals surface area contributed by atoms with Crippen molar-refractivity contribution in [2.75, 3.05) is 27.2 Å². The lowest BCUT2D eigenvalue weighted by atomic mass is 10.1. The highest BCUT2D eigenvalue weighted by Crippen LogP contribution is 2.13. The van der Waals surface area contributed by atoms with Crippen molar-refractivity contribution in [3.05, 3.63) is 12.3 Å². The molecule has 0 aliphatic carbocycles. The molecule has 4 heteroatoms. The molecule has 1 atom stereocenters. The highest BCUT2D eigenvalue weighted by molar-refractivity contribution is 5.79. The minimum atomic E-state index is -0.888. The lowest BCUT2D eigenvalue weighted by Crippen LogP contribution is -2.42. The van der Waals surface area contributed by atoms with E-state index in [1.807, 2.05) is 11.9 Å². The zero-order valence-electron chi connectivity index (χ0n) is 8.81. The van der Waals surface area contributed by atoms with Gasteiger partial charge in [0.15, 0.2) is 0 Å². The summed E-state index contributed by atoms with van der Waals surface area (Å²) in [5.41, 5.74) is 0. The zero-order valence-corrected chi connectivity index (χ0v) is 8.81. The molecule has 0 radical (unpaired) electrons. The maximum Gasteiger partial charge on any atom is 0.329 e. The van der Waals surface area contributed by atoms with Crippen molar-refractivity contribution in [3.8, 4) is 0 Å². The van der Waals surface area contributed by atoms with Crippen LogP contribution in [0.5, 0.6) is 0 Å². The predicted octanol–water partition coefficient (Wildman–Crippen LogP) is 0.611. The highest BCUT2D eigenvalue weighted by Gasteiger charge is 2.18. The van der Waals surface area contributed by atoms with Crippen LogP contribution in [0.4, 0.5) is 0 Å².